The van der Waals surface area contributed by atoms with Gasteiger partial charge in [-0.1, -0.05) is 67.4 Å². The summed E-state index contributed by atoms with van der Waals surface area (Å²) in [5.41, 5.74) is 2.28. The maximum atomic E-state index is 11.7. The molecule has 0 saturated carbocycles. The Morgan fingerprint density at radius 2 is 1.16 bits per heavy atom. The molecule has 2 N–H and O–H groups in total. The van der Waals surface area contributed by atoms with Crippen molar-refractivity contribution in [2.24, 2.45) is 0 Å². The molecule has 164 valence electrons. The van der Waals surface area contributed by atoms with Gasteiger partial charge in [0, 0.05) is 6.61 Å². The molecule has 3 aromatic rings. The highest BCUT2D eigenvalue weighted by Crippen LogP contribution is 2.44. The summed E-state index contributed by atoms with van der Waals surface area (Å²) in [6, 6.07) is 26.1. The van der Waals surface area contributed by atoms with Gasteiger partial charge in [-0.3, -0.25) is 0 Å². The number of rotatable bonds is 11. The molecule has 3 rings (SSSR count). The SMILES string of the molecule is COc1ccc(C(c2ccccc2)(c2ccc(OC)cc2)C(O)CCCCCO)cc1. The lowest BCUT2D eigenvalue weighted by molar-refractivity contribution is 0.108. The highest BCUT2D eigenvalue weighted by Gasteiger charge is 2.42. The zero-order chi connectivity index (χ0) is 22.1. The number of benzene rings is 3. The van der Waals surface area contributed by atoms with Crippen LogP contribution in [0.2, 0.25) is 0 Å². The molecule has 31 heavy (non-hydrogen) atoms. The van der Waals surface area contributed by atoms with E-state index in [0.29, 0.717) is 6.42 Å². The van der Waals surface area contributed by atoms with Gasteiger partial charge in [0.25, 0.3) is 0 Å². The predicted octanol–water partition coefficient (Wildman–Crippen LogP) is 4.95. The van der Waals surface area contributed by atoms with Gasteiger partial charge in [0.05, 0.1) is 25.7 Å². The van der Waals surface area contributed by atoms with Crippen molar-refractivity contribution in [3.8, 4) is 11.5 Å². The van der Waals surface area contributed by atoms with E-state index in [9.17, 15) is 5.11 Å². The van der Waals surface area contributed by atoms with Gasteiger partial charge in [-0.15, -0.1) is 0 Å². The van der Waals surface area contributed by atoms with Crippen molar-refractivity contribution in [1.82, 2.24) is 0 Å². The summed E-state index contributed by atoms with van der Waals surface area (Å²) >= 11 is 0. The van der Waals surface area contributed by atoms with Crippen LogP contribution in [0.4, 0.5) is 0 Å². The Labute approximate surface area is 185 Å². The van der Waals surface area contributed by atoms with Crippen molar-refractivity contribution >= 4 is 0 Å². The van der Waals surface area contributed by atoms with Crippen LogP contribution >= 0.6 is 0 Å². The van der Waals surface area contributed by atoms with Gasteiger partial charge >= 0.3 is 0 Å². The van der Waals surface area contributed by atoms with Crippen LogP contribution in [0.3, 0.4) is 0 Å². The smallest absolute Gasteiger partial charge is 0.118 e. The topological polar surface area (TPSA) is 58.9 Å². The molecule has 4 nitrogen and oxygen atoms in total. The first-order valence-corrected chi connectivity index (χ1v) is 10.8. The van der Waals surface area contributed by atoms with Crippen LogP contribution in [0, 0.1) is 0 Å². The lowest BCUT2D eigenvalue weighted by Gasteiger charge is -2.40. The summed E-state index contributed by atoms with van der Waals surface area (Å²) in [5, 5.41) is 20.9. The first-order chi connectivity index (χ1) is 15.2. The molecule has 0 heterocycles. The number of aliphatic hydroxyl groups is 2. The van der Waals surface area contributed by atoms with E-state index in [1.807, 2.05) is 66.7 Å². The minimum absolute atomic E-state index is 0.177. The second kappa shape index (κ2) is 11.0. The Balaban J connectivity index is 2.18. The molecule has 1 atom stereocenters. The molecule has 0 spiro atoms. The largest absolute Gasteiger partial charge is 0.497 e. The summed E-state index contributed by atoms with van der Waals surface area (Å²) in [6.45, 7) is 0.177. The van der Waals surface area contributed by atoms with E-state index >= 15 is 0 Å². The zero-order valence-electron chi connectivity index (χ0n) is 18.3. The average Bonchev–Trinajstić information content (AvgIpc) is 2.84. The van der Waals surface area contributed by atoms with E-state index < -0.39 is 11.5 Å². The Hall–Kier alpha value is -2.82. The molecule has 4 heteroatoms. The third kappa shape index (κ3) is 4.92. The fourth-order valence-corrected chi connectivity index (χ4v) is 4.33. The molecule has 0 aliphatic carbocycles. The molecule has 0 aliphatic rings. The monoisotopic (exact) mass is 420 g/mol. The normalized spacial score (nSPS) is 12.4. The summed E-state index contributed by atoms with van der Waals surface area (Å²) in [5.74, 6) is 1.55. The Kier molecular flexibility index (Phi) is 8.10. The van der Waals surface area contributed by atoms with Crippen molar-refractivity contribution in [1.29, 1.82) is 0 Å². The molecule has 0 saturated heterocycles. The van der Waals surface area contributed by atoms with Crippen molar-refractivity contribution in [2.45, 2.75) is 37.2 Å². The van der Waals surface area contributed by atoms with Crippen molar-refractivity contribution in [3.63, 3.8) is 0 Å². The van der Waals surface area contributed by atoms with E-state index in [2.05, 4.69) is 12.1 Å². The lowest BCUT2D eigenvalue weighted by atomic mass is 9.64. The molecule has 3 aromatic carbocycles. The molecule has 0 amide bonds. The van der Waals surface area contributed by atoms with Crippen LogP contribution in [-0.4, -0.2) is 37.1 Å². The summed E-state index contributed by atoms with van der Waals surface area (Å²) < 4.78 is 10.7. The van der Waals surface area contributed by atoms with Crippen molar-refractivity contribution in [2.75, 3.05) is 20.8 Å². The van der Waals surface area contributed by atoms with Gasteiger partial charge < -0.3 is 19.7 Å². The quantitative estimate of drug-likeness (QED) is 0.340. The van der Waals surface area contributed by atoms with Gasteiger partial charge in [-0.05, 0) is 53.8 Å². The lowest BCUT2D eigenvalue weighted by Crippen LogP contribution is -2.42. The minimum atomic E-state index is -0.751. The molecular formula is C27H32O4. The zero-order valence-corrected chi connectivity index (χ0v) is 18.3. The molecule has 0 bridgehead atoms. The molecule has 0 radical (unpaired) electrons. The predicted molar refractivity (Wildman–Crippen MR) is 124 cm³/mol. The minimum Gasteiger partial charge on any atom is -0.497 e. The first-order valence-electron chi connectivity index (χ1n) is 10.8. The Morgan fingerprint density at radius 3 is 1.61 bits per heavy atom. The molecule has 1 unspecified atom stereocenters. The van der Waals surface area contributed by atoms with Crippen LogP contribution < -0.4 is 9.47 Å². The number of hydrogen-bond acceptors (Lipinski definition) is 4. The van der Waals surface area contributed by atoms with Crippen LogP contribution in [0.1, 0.15) is 42.4 Å². The summed E-state index contributed by atoms with van der Waals surface area (Å²) in [6.07, 6.45) is 2.42. The van der Waals surface area contributed by atoms with E-state index in [1.165, 1.54) is 0 Å². The van der Waals surface area contributed by atoms with Crippen LogP contribution in [0.5, 0.6) is 11.5 Å². The van der Waals surface area contributed by atoms with Gasteiger partial charge in [0.15, 0.2) is 0 Å². The first kappa shape index (κ1) is 22.9. The highest BCUT2D eigenvalue weighted by atomic mass is 16.5. The number of unbranched alkanes of at least 4 members (excludes halogenated alkanes) is 2. The van der Waals surface area contributed by atoms with Gasteiger partial charge in [0.2, 0.25) is 0 Å². The van der Waals surface area contributed by atoms with Crippen molar-refractivity contribution in [3.05, 3.63) is 95.6 Å². The number of aliphatic hydroxyl groups excluding tert-OH is 2. The number of ether oxygens (including phenoxy) is 2. The highest BCUT2D eigenvalue weighted by molar-refractivity contribution is 5.53. The summed E-state index contributed by atoms with van der Waals surface area (Å²) in [4.78, 5) is 0. The summed E-state index contributed by atoms with van der Waals surface area (Å²) in [7, 11) is 3.30. The average molecular weight is 421 g/mol. The fraction of sp³-hybridized carbons (Fsp3) is 0.333. The molecule has 0 fully saturated rings. The van der Waals surface area contributed by atoms with Gasteiger partial charge in [0.1, 0.15) is 11.5 Å². The molecule has 0 aromatic heterocycles. The molecular weight excluding hydrogens is 388 g/mol. The third-order valence-corrected chi connectivity index (χ3v) is 5.96. The van der Waals surface area contributed by atoms with Crippen LogP contribution in [0.15, 0.2) is 78.9 Å². The maximum absolute atomic E-state index is 11.7. The van der Waals surface area contributed by atoms with Crippen LogP contribution in [0.25, 0.3) is 0 Å². The maximum Gasteiger partial charge on any atom is 0.118 e. The second-order valence-corrected chi connectivity index (χ2v) is 7.72. The number of methoxy groups -OCH3 is 2. The molecule has 0 aliphatic heterocycles. The number of hydrogen-bond donors (Lipinski definition) is 2. The standard InChI is InChI=1S/C27H32O4/c1-30-24-16-12-22(13-17-24)27(21-9-5-3-6-10-21,26(29)11-7-4-8-20-28)23-14-18-25(31-2)19-15-23/h3,5-6,9-10,12-19,26,28-29H,4,7-8,11,20H2,1-2H3. The van der Waals surface area contributed by atoms with E-state index in [0.717, 1.165) is 47.5 Å². The van der Waals surface area contributed by atoms with Crippen molar-refractivity contribution < 1.29 is 19.7 Å². The van der Waals surface area contributed by atoms with E-state index in [4.69, 9.17) is 14.6 Å². The van der Waals surface area contributed by atoms with Crippen LogP contribution in [-0.2, 0) is 5.41 Å². The van der Waals surface area contributed by atoms with Gasteiger partial charge in [-0.25, -0.2) is 0 Å². The van der Waals surface area contributed by atoms with E-state index in [1.54, 1.807) is 14.2 Å². The third-order valence-electron chi connectivity index (χ3n) is 5.96. The second-order valence-electron chi connectivity index (χ2n) is 7.72. The van der Waals surface area contributed by atoms with E-state index in [-0.39, 0.29) is 6.61 Å². The Bertz CT molecular complexity index is 857. The Morgan fingerprint density at radius 1 is 0.677 bits per heavy atom. The fourth-order valence-electron chi connectivity index (χ4n) is 4.33. The van der Waals surface area contributed by atoms with Gasteiger partial charge in [-0.2, -0.15) is 0 Å².